The Balaban J connectivity index is 1.85. The topological polar surface area (TPSA) is 72.7 Å². The zero-order chi connectivity index (χ0) is 12.1. The van der Waals surface area contributed by atoms with Crippen molar-refractivity contribution in [1.29, 1.82) is 0 Å². The molecule has 0 spiro atoms. The van der Waals surface area contributed by atoms with Gasteiger partial charge in [-0.1, -0.05) is 16.8 Å². The fourth-order valence-corrected chi connectivity index (χ4v) is 1.45. The van der Waals surface area contributed by atoms with Gasteiger partial charge >= 0.3 is 0 Å². The largest absolute Gasteiger partial charge is 0.326 e. The third-order valence-corrected chi connectivity index (χ3v) is 2.26. The molecule has 0 saturated carbocycles. The molecule has 6 nitrogen and oxygen atoms in total. The number of amides is 1. The fraction of sp³-hybridized carbons (Fsp3) is 0.200. The Morgan fingerprint density at radius 1 is 1.47 bits per heavy atom. The highest BCUT2D eigenvalue weighted by molar-refractivity contribution is 6.29. The van der Waals surface area contributed by atoms with Crippen LogP contribution in [0.3, 0.4) is 0 Å². The van der Waals surface area contributed by atoms with Crippen LogP contribution in [0.1, 0.15) is 6.42 Å². The van der Waals surface area contributed by atoms with Crippen LogP contribution < -0.4 is 5.32 Å². The molecule has 2 aromatic heterocycles. The van der Waals surface area contributed by atoms with Crippen LogP contribution in [-0.2, 0) is 11.3 Å². The van der Waals surface area contributed by atoms with Gasteiger partial charge < -0.3 is 5.32 Å². The average Bonchev–Trinajstić information content (AvgIpc) is 2.79. The van der Waals surface area contributed by atoms with Crippen molar-refractivity contribution in [3.63, 3.8) is 0 Å². The van der Waals surface area contributed by atoms with Crippen molar-refractivity contribution >= 4 is 23.2 Å². The Hall–Kier alpha value is -1.95. The van der Waals surface area contributed by atoms with Crippen molar-refractivity contribution in [1.82, 2.24) is 20.0 Å². The maximum Gasteiger partial charge on any atom is 0.226 e. The first-order chi connectivity index (χ1) is 8.24. The smallest absolute Gasteiger partial charge is 0.226 e. The standard InChI is InChI=1S/C10H10ClN5O/c11-9-7-8(1-3-12-9)14-10(17)2-5-16-6-4-13-15-16/h1,3-4,6-7H,2,5H2,(H,12,14,17). The third kappa shape index (κ3) is 3.53. The number of carbonyl (C=O) groups is 1. The molecule has 88 valence electrons. The molecule has 0 bridgehead atoms. The molecule has 0 aliphatic carbocycles. The summed E-state index contributed by atoms with van der Waals surface area (Å²) in [6.07, 6.45) is 5.13. The van der Waals surface area contributed by atoms with Gasteiger partial charge in [0.2, 0.25) is 5.91 Å². The quantitative estimate of drug-likeness (QED) is 0.833. The summed E-state index contributed by atoms with van der Waals surface area (Å²) in [5, 5.41) is 10.5. The van der Waals surface area contributed by atoms with E-state index in [0.29, 0.717) is 23.8 Å². The highest BCUT2D eigenvalue weighted by Gasteiger charge is 2.03. The molecule has 0 aliphatic rings. The minimum absolute atomic E-state index is 0.109. The second-order valence-electron chi connectivity index (χ2n) is 3.33. The van der Waals surface area contributed by atoms with E-state index in [1.807, 2.05) is 0 Å². The molecule has 0 unspecified atom stereocenters. The Morgan fingerprint density at radius 2 is 2.35 bits per heavy atom. The average molecular weight is 252 g/mol. The number of hydrogen-bond donors (Lipinski definition) is 1. The van der Waals surface area contributed by atoms with Gasteiger partial charge in [0.25, 0.3) is 0 Å². The molecule has 2 heterocycles. The van der Waals surface area contributed by atoms with Crippen LogP contribution in [0.4, 0.5) is 5.69 Å². The van der Waals surface area contributed by atoms with E-state index in [9.17, 15) is 4.79 Å². The molecule has 7 heteroatoms. The van der Waals surface area contributed by atoms with Crippen LogP contribution in [0.15, 0.2) is 30.7 Å². The van der Waals surface area contributed by atoms with Crippen molar-refractivity contribution in [3.8, 4) is 0 Å². The Morgan fingerprint density at radius 3 is 3.06 bits per heavy atom. The van der Waals surface area contributed by atoms with E-state index in [-0.39, 0.29) is 5.91 Å². The molecular weight excluding hydrogens is 242 g/mol. The highest BCUT2D eigenvalue weighted by atomic mass is 35.5. The molecule has 0 atom stereocenters. The zero-order valence-electron chi connectivity index (χ0n) is 8.88. The van der Waals surface area contributed by atoms with E-state index >= 15 is 0 Å². The second-order valence-corrected chi connectivity index (χ2v) is 3.72. The van der Waals surface area contributed by atoms with E-state index in [1.54, 1.807) is 29.2 Å². The SMILES string of the molecule is O=C(CCn1ccnn1)Nc1ccnc(Cl)c1. The first-order valence-electron chi connectivity index (χ1n) is 4.99. The highest BCUT2D eigenvalue weighted by Crippen LogP contribution is 2.11. The van der Waals surface area contributed by atoms with Crippen molar-refractivity contribution in [2.75, 3.05) is 5.32 Å². The van der Waals surface area contributed by atoms with Crippen LogP contribution in [0.2, 0.25) is 5.15 Å². The van der Waals surface area contributed by atoms with Crippen molar-refractivity contribution in [2.24, 2.45) is 0 Å². The normalized spacial score (nSPS) is 10.2. The monoisotopic (exact) mass is 251 g/mol. The summed E-state index contributed by atoms with van der Waals surface area (Å²) in [7, 11) is 0. The first-order valence-corrected chi connectivity index (χ1v) is 5.37. The van der Waals surface area contributed by atoms with Crippen LogP contribution in [0.5, 0.6) is 0 Å². The number of aromatic nitrogens is 4. The molecule has 2 aromatic rings. The van der Waals surface area contributed by atoms with Crippen molar-refractivity contribution in [2.45, 2.75) is 13.0 Å². The summed E-state index contributed by atoms with van der Waals surface area (Å²) >= 11 is 5.70. The Bertz CT molecular complexity index is 499. The molecule has 0 aromatic carbocycles. The minimum atomic E-state index is -0.109. The van der Waals surface area contributed by atoms with Gasteiger partial charge in [-0.25, -0.2) is 4.98 Å². The lowest BCUT2D eigenvalue weighted by Crippen LogP contribution is -2.14. The number of halogens is 1. The molecule has 17 heavy (non-hydrogen) atoms. The number of rotatable bonds is 4. The summed E-state index contributed by atoms with van der Waals surface area (Å²) in [4.78, 5) is 15.4. The molecule has 0 fully saturated rings. The van der Waals surface area contributed by atoms with Gasteiger partial charge in [0, 0.05) is 24.5 Å². The number of nitrogens with one attached hydrogen (secondary N) is 1. The van der Waals surface area contributed by atoms with Gasteiger partial charge in [-0.3, -0.25) is 9.48 Å². The lowest BCUT2D eigenvalue weighted by molar-refractivity contribution is -0.116. The number of carbonyl (C=O) groups excluding carboxylic acids is 1. The number of aryl methyl sites for hydroxylation is 1. The number of hydrogen-bond acceptors (Lipinski definition) is 4. The Kier molecular flexibility index (Phi) is 3.66. The number of nitrogens with zero attached hydrogens (tertiary/aromatic N) is 4. The predicted molar refractivity (Wildman–Crippen MR) is 62.5 cm³/mol. The lowest BCUT2D eigenvalue weighted by atomic mass is 10.3. The van der Waals surface area contributed by atoms with Crippen LogP contribution in [0, 0.1) is 0 Å². The maximum atomic E-state index is 11.6. The number of anilines is 1. The predicted octanol–water partition coefficient (Wildman–Crippen LogP) is 1.36. The van der Waals surface area contributed by atoms with E-state index in [4.69, 9.17) is 11.6 Å². The van der Waals surface area contributed by atoms with Crippen molar-refractivity contribution < 1.29 is 4.79 Å². The maximum absolute atomic E-state index is 11.6. The summed E-state index contributed by atoms with van der Waals surface area (Å²) in [6, 6.07) is 3.27. The van der Waals surface area contributed by atoms with Gasteiger partial charge in [0.1, 0.15) is 5.15 Å². The molecule has 0 radical (unpaired) electrons. The molecule has 0 saturated heterocycles. The molecule has 0 aliphatic heterocycles. The lowest BCUT2D eigenvalue weighted by Gasteiger charge is -2.04. The zero-order valence-corrected chi connectivity index (χ0v) is 9.63. The Labute approximate surface area is 103 Å². The number of pyridine rings is 1. The first kappa shape index (κ1) is 11.5. The van der Waals surface area contributed by atoms with Gasteiger partial charge in [0.05, 0.1) is 12.7 Å². The summed E-state index contributed by atoms with van der Waals surface area (Å²) < 4.78 is 1.60. The molecular formula is C10H10ClN5O. The van der Waals surface area contributed by atoms with Crippen molar-refractivity contribution in [3.05, 3.63) is 35.9 Å². The van der Waals surface area contributed by atoms with Gasteiger partial charge in [-0.15, -0.1) is 5.10 Å². The van der Waals surface area contributed by atoms with Crippen LogP contribution >= 0.6 is 11.6 Å². The molecule has 1 N–H and O–H groups in total. The van der Waals surface area contributed by atoms with Gasteiger partial charge in [-0.2, -0.15) is 0 Å². The molecule has 2 rings (SSSR count). The molecule has 1 amide bonds. The minimum Gasteiger partial charge on any atom is -0.326 e. The third-order valence-electron chi connectivity index (χ3n) is 2.05. The van der Waals surface area contributed by atoms with E-state index in [0.717, 1.165) is 0 Å². The summed E-state index contributed by atoms with van der Waals surface area (Å²) in [5.41, 5.74) is 0.633. The van der Waals surface area contributed by atoms with Gasteiger partial charge in [-0.05, 0) is 12.1 Å². The van der Waals surface area contributed by atoms with Crippen LogP contribution in [-0.4, -0.2) is 25.9 Å². The fourth-order valence-electron chi connectivity index (χ4n) is 1.27. The summed E-state index contributed by atoms with van der Waals surface area (Å²) in [5.74, 6) is -0.109. The van der Waals surface area contributed by atoms with E-state index in [2.05, 4.69) is 20.6 Å². The van der Waals surface area contributed by atoms with Gasteiger partial charge in [0.15, 0.2) is 0 Å². The van der Waals surface area contributed by atoms with E-state index < -0.39 is 0 Å². The van der Waals surface area contributed by atoms with Crippen LogP contribution in [0.25, 0.3) is 0 Å². The van der Waals surface area contributed by atoms with E-state index in [1.165, 1.54) is 6.20 Å². The summed E-state index contributed by atoms with van der Waals surface area (Å²) in [6.45, 7) is 0.491. The second kappa shape index (κ2) is 5.40.